The van der Waals surface area contributed by atoms with Gasteiger partial charge < -0.3 is 10.6 Å². The summed E-state index contributed by atoms with van der Waals surface area (Å²) in [7, 11) is 0. The lowest BCUT2D eigenvalue weighted by molar-refractivity contribution is 0.293. The van der Waals surface area contributed by atoms with E-state index in [1.807, 2.05) is 0 Å². The van der Waals surface area contributed by atoms with Crippen LogP contribution in [0.1, 0.15) is 26.2 Å². The van der Waals surface area contributed by atoms with Crippen molar-refractivity contribution in [1.29, 1.82) is 0 Å². The lowest BCUT2D eigenvalue weighted by Gasteiger charge is -2.35. The first kappa shape index (κ1) is 14.2. The Balaban J connectivity index is 1.62. The average molecular weight is 280 g/mol. The fourth-order valence-electron chi connectivity index (χ4n) is 2.98. The van der Waals surface area contributed by atoms with Gasteiger partial charge in [0.25, 0.3) is 0 Å². The second kappa shape index (κ2) is 6.31. The van der Waals surface area contributed by atoms with Crippen LogP contribution in [0.15, 0.2) is 54.6 Å². The van der Waals surface area contributed by atoms with Gasteiger partial charge in [-0.1, -0.05) is 48.9 Å². The summed E-state index contributed by atoms with van der Waals surface area (Å²) in [5.74, 6) is 0. The summed E-state index contributed by atoms with van der Waals surface area (Å²) in [6, 6.07) is 19.2. The molecule has 2 aromatic rings. The molecule has 2 nitrogen and oxygen atoms in total. The van der Waals surface area contributed by atoms with Crippen LogP contribution in [0.5, 0.6) is 0 Å². The van der Waals surface area contributed by atoms with E-state index >= 15 is 0 Å². The second-order valence-electron chi connectivity index (χ2n) is 6.24. The zero-order valence-electron chi connectivity index (χ0n) is 12.7. The Morgan fingerprint density at radius 3 is 2.33 bits per heavy atom. The maximum Gasteiger partial charge on any atom is 0.0341 e. The molecule has 110 valence electrons. The van der Waals surface area contributed by atoms with Crippen LogP contribution in [0.2, 0.25) is 0 Å². The largest absolute Gasteiger partial charge is 0.383 e. The van der Waals surface area contributed by atoms with Gasteiger partial charge in [-0.3, -0.25) is 0 Å². The number of piperidine rings is 1. The molecule has 1 atom stereocenters. The normalized spacial score (nSPS) is 22.0. The highest BCUT2D eigenvalue weighted by Crippen LogP contribution is 2.23. The average Bonchev–Trinajstić information content (AvgIpc) is 2.55. The van der Waals surface area contributed by atoms with Gasteiger partial charge in [0.05, 0.1) is 0 Å². The standard InChI is InChI=1S/C19H24N2/c1-19(13-5-6-14-21-19)15-20-18-11-9-17(10-12-18)16-7-3-2-4-8-16/h2-4,7-12,20-21H,5-6,13-15H2,1H3. The molecule has 0 saturated carbocycles. The van der Waals surface area contributed by atoms with Gasteiger partial charge in [-0.15, -0.1) is 0 Å². The van der Waals surface area contributed by atoms with E-state index in [1.165, 1.54) is 36.1 Å². The molecule has 1 fully saturated rings. The monoisotopic (exact) mass is 280 g/mol. The molecule has 0 spiro atoms. The Kier molecular flexibility index (Phi) is 4.26. The first-order valence-corrected chi connectivity index (χ1v) is 7.90. The second-order valence-corrected chi connectivity index (χ2v) is 6.24. The summed E-state index contributed by atoms with van der Waals surface area (Å²) >= 11 is 0. The van der Waals surface area contributed by atoms with E-state index in [1.54, 1.807) is 0 Å². The summed E-state index contributed by atoms with van der Waals surface area (Å²) in [5, 5.41) is 7.21. The lowest BCUT2D eigenvalue weighted by atomic mass is 9.91. The molecule has 1 heterocycles. The molecule has 0 aliphatic carbocycles. The number of hydrogen-bond donors (Lipinski definition) is 2. The van der Waals surface area contributed by atoms with Crippen LogP contribution in [0, 0.1) is 0 Å². The Bertz CT molecular complexity index is 554. The quantitative estimate of drug-likeness (QED) is 0.872. The summed E-state index contributed by atoms with van der Waals surface area (Å²) < 4.78 is 0. The number of anilines is 1. The minimum atomic E-state index is 0.232. The fourth-order valence-corrected chi connectivity index (χ4v) is 2.98. The van der Waals surface area contributed by atoms with E-state index < -0.39 is 0 Å². The van der Waals surface area contributed by atoms with Gasteiger partial charge in [0, 0.05) is 17.8 Å². The van der Waals surface area contributed by atoms with Crippen molar-refractivity contribution in [3.63, 3.8) is 0 Å². The van der Waals surface area contributed by atoms with Crippen molar-refractivity contribution in [2.75, 3.05) is 18.4 Å². The number of nitrogens with one attached hydrogen (secondary N) is 2. The number of benzene rings is 2. The molecule has 1 unspecified atom stereocenters. The number of hydrogen-bond acceptors (Lipinski definition) is 2. The van der Waals surface area contributed by atoms with E-state index in [-0.39, 0.29) is 5.54 Å². The van der Waals surface area contributed by atoms with Crippen molar-refractivity contribution in [2.45, 2.75) is 31.7 Å². The Labute approximate surface area is 127 Å². The maximum absolute atomic E-state index is 3.64. The predicted molar refractivity (Wildman–Crippen MR) is 90.6 cm³/mol. The van der Waals surface area contributed by atoms with Crippen molar-refractivity contribution in [3.8, 4) is 11.1 Å². The SMILES string of the molecule is CC1(CNc2ccc(-c3ccccc3)cc2)CCCCN1. The molecule has 1 aliphatic heterocycles. The van der Waals surface area contributed by atoms with Gasteiger partial charge in [0.2, 0.25) is 0 Å². The van der Waals surface area contributed by atoms with Crippen molar-refractivity contribution in [1.82, 2.24) is 5.32 Å². The Morgan fingerprint density at radius 2 is 1.67 bits per heavy atom. The lowest BCUT2D eigenvalue weighted by Crippen LogP contribution is -2.50. The molecule has 1 saturated heterocycles. The highest BCUT2D eigenvalue weighted by atomic mass is 15.0. The van der Waals surface area contributed by atoms with Crippen LogP contribution in [-0.4, -0.2) is 18.6 Å². The molecule has 0 radical (unpaired) electrons. The van der Waals surface area contributed by atoms with E-state index in [0.29, 0.717) is 0 Å². The Morgan fingerprint density at radius 1 is 0.952 bits per heavy atom. The minimum absolute atomic E-state index is 0.232. The highest BCUT2D eigenvalue weighted by Gasteiger charge is 2.25. The molecular weight excluding hydrogens is 256 g/mol. The van der Waals surface area contributed by atoms with Crippen LogP contribution < -0.4 is 10.6 Å². The third-order valence-corrected chi connectivity index (χ3v) is 4.38. The molecule has 0 aromatic heterocycles. The molecule has 21 heavy (non-hydrogen) atoms. The van der Waals surface area contributed by atoms with Crippen LogP contribution >= 0.6 is 0 Å². The van der Waals surface area contributed by atoms with E-state index in [9.17, 15) is 0 Å². The molecule has 0 bridgehead atoms. The van der Waals surface area contributed by atoms with Gasteiger partial charge in [0.15, 0.2) is 0 Å². The predicted octanol–water partition coefficient (Wildman–Crippen LogP) is 4.30. The van der Waals surface area contributed by atoms with E-state index in [0.717, 1.165) is 13.1 Å². The smallest absolute Gasteiger partial charge is 0.0341 e. The highest BCUT2D eigenvalue weighted by molar-refractivity contribution is 5.65. The Hall–Kier alpha value is -1.80. The van der Waals surface area contributed by atoms with Gasteiger partial charge >= 0.3 is 0 Å². The van der Waals surface area contributed by atoms with Crippen LogP contribution in [0.25, 0.3) is 11.1 Å². The van der Waals surface area contributed by atoms with Crippen molar-refractivity contribution in [3.05, 3.63) is 54.6 Å². The topological polar surface area (TPSA) is 24.1 Å². The number of rotatable bonds is 4. The molecule has 2 heteroatoms. The summed E-state index contributed by atoms with van der Waals surface area (Å²) in [6.45, 7) is 4.44. The third kappa shape index (κ3) is 3.64. The molecular formula is C19H24N2. The summed E-state index contributed by atoms with van der Waals surface area (Å²) in [6.07, 6.45) is 3.89. The van der Waals surface area contributed by atoms with Gasteiger partial charge in [0.1, 0.15) is 0 Å². The molecule has 0 amide bonds. The van der Waals surface area contributed by atoms with Crippen molar-refractivity contribution in [2.24, 2.45) is 0 Å². The van der Waals surface area contributed by atoms with E-state index in [4.69, 9.17) is 0 Å². The van der Waals surface area contributed by atoms with Gasteiger partial charge in [-0.25, -0.2) is 0 Å². The van der Waals surface area contributed by atoms with Crippen LogP contribution in [-0.2, 0) is 0 Å². The zero-order chi connectivity index (χ0) is 14.5. The maximum atomic E-state index is 3.64. The third-order valence-electron chi connectivity index (χ3n) is 4.38. The minimum Gasteiger partial charge on any atom is -0.383 e. The van der Waals surface area contributed by atoms with Gasteiger partial charge in [-0.2, -0.15) is 0 Å². The van der Waals surface area contributed by atoms with Crippen LogP contribution in [0.3, 0.4) is 0 Å². The van der Waals surface area contributed by atoms with Crippen molar-refractivity contribution >= 4 is 5.69 Å². The van der Waals surface area contributed by atoms with E-state index in [2.05, 4.69) is 72.2 Å². The molecule has 2 N–H and O–H groups in total. The summed E-state index contributed by atoms with van der Waals surface area (Å²) in [4.78, 5) is 0. The van der Waals surface area contributed by atoms with Gasteiger partial charge in [-0.05, 0) is 49.6 Å². The van der Waals surface area contributed by atoms with Crippen LogP contribution in [0.4, 0.5) is 5.69 Å². The zero-order valence-corrected chi connectivity index (χ0v) is 12.7. The molecule has 2 aromatic carbocycles. The first-order valence-electron chi connectivity index (χ1n) is 7.90. The van der Waals surface area contributed by atoms with Crippen molar-refractivity contribution < 1.29 is 0 Å². The first-order chi connectivity index (χ1) is 10.3. The molecule has 3 rings (SSSR count). The fraction of sp³-hybridized carbons (Fsp3) is 0.368. The summed E-state index contributed by atoms with van der Waals surface area (Å²) in [5.41, 5.74) is 3.97. The molecule has 1 aliphatic rings.